The molecule has 0 bridgehead atoms. The Labute approximate surface area is 174 Å². The highest BCUT2D eigenvalue weighted by atomic mass is 32.2. The maximum absolute atomic E-state index is 13.3. The van der Waals surface area contributed by atoms with E-state index in [0.29, 0.717) is 26.2 Å². The number of rotatable bonds is 4. The van der Waals surface area contributed by atoms with Crippen LogP contribution in [0.1, 0.15) is 25.3 Å². The van der Waals surface area contributed by atoms with Crippen molar-refractivity contribution >= 4 is 16.1 Å². The molecule has 2 fully saturated rings. The molecule has 0 aromatic heterocycles. The number of hydrogen-bond acceptors (Lipinski definition) is 4. The molecule has 11 heteroatoms. The van der Waals surface area contributed by atoms with E-state index in [-0.39, 0.29) is 24.7 Å². The Hall–Kier alpha value is -1.85. The zero-order valence-corrected chi connectivity index (χ0v) is 17.9. The maximum atomic E-state index is 13.3. The number of piperazine rings is 1. The first kappa shape index (κ1) is 22.8. The van der Waals surface area contributed by atoms with Crippen molar-refractivity contribution in [2.24, 2.45) is 0 Å². The molecule has 1 aromatic carbocycles. The van der Waals surface area contributed by atoms with Crippen LogP contribution in [-0.4, -0.2) is 80.4 Å². The van der Waals surface area contributed by atoms with Gasteiger partial charge in [-0.15, -0.1) is 0 Å². The van der Waals surface area contributed by atoms with Gasteiger partial charge in [0.1, 0.15) is 0 Å². The summed E-state index contributed by atoms with van der Waals surface area (Å²) >= 11 is 0. The fraction of sp³-hybridized carbons (Fsp3) is 0.632. The first-order valence-electron chi connectivity index (χ1n) is 9.93. The van der Waals surface area contributed by atoms with Gasteiger partial charge in [0, 0.05) is 51.9 Å². The molecule has 30 heavy (non-hydrogen) atoms. The fourth-order valence-corrected chi connectivity index (χ4v) is 6.06. The summed E-state index contributed by atoms with van der Waals surface area (Å²) < 4.78 is 67.0. The minimum atomic E-state index is -4.75. The molecule has 3 rings (SSSR count). The number of hydrogen-bond donors (Lipinski definition) is 1. The fourth-order valence-electron chi connectivity index (χ4n) is 4.43. The Balaban J connectivity index is 1.75. The maximum Gasteiger partial charge on any atom is 0.417 e. The highest BCUT2D eigenvalue weighted by Gasteiger charge is 2.45. The number of amides is 2. The zero-order chi connectivity index (χ0) is 22.2. The SMILES string of the molecule is CCC1(N2CCN(S(=O)(=O)c3ccccc3C(F)(F)F)CC2)CCN(C(=O)NC)C1. The Bertz CT molecular complexity index is 885. The minimum Gasteiger partial charge on any atom is -0.341 e. The van der Waals surface area contributed by atoms with E-state index in [1.54, 1.807) is 11.9 Å². The Morgan fingerprint density at radius 1 is 1.13 bits per heavy atom. The third-order valence-corrected chi connectivity index (χ3v) is 8.17. The lowest BCUT2D eigenvalue weighted by atomic mass is 9.92. The molecule has 0 spiro atoms. The van der Waals surface area contributed by atoms with Crippen molar-refractivity contribution < 1.29 is 26.4 Å². The van der Waals surface area contributed by atoms with Gasteiger partial charge in [-0.05, 0) is 25.0 Å². The quantitative estimate of drug-likeness (QED) is 0.767. The summed E-state index contributed by atoms with van der Waals surface area (Å²) in [6.07, 6.45) is -3.17. The predicted molar refractivity (Wildman–Crippen MR) is 105 cm³/mol. The molecule has 1 aromatic rings. The van der Waals surface area contributed by atoms with Crippen LogP contribution in [0, 0.1) is 0 Å². The summed E-state index contributed by atoms with van der Waals surface area (Å²) in [6.45, 7) is 4.23. The highest BCUT2D eigenvalue weighted by Crippen LogP contribution is 2.36. The van der Waals surface area contributed by atoms with Crippen molar-refractivity contribution in [3.63, 3.8) is 0 Å². The lowest BCUT2D eigenvalue weighted by Crippen LogP contribution is -2.59. The second-order valence-electron chi connectivity index (χ2n) is 7.69. The van der Waals surface area contributed by atoms with Crippen molar-refractivity contribution in [2.45, 2.75) is 36.4 Å². The smallest absolute Gasteiger partial charge is 0.341 e. The van der Waals surface area contributed by atoms with E-state index in [9.17, 15) is 26.4 Å². The largest absolute Gasteiger partial charge is 0.417 e. The van der Waals surface area contributed by atoms with Crippen LogP contribution in [0.5, 0.6) is 0 Å². The summed E-state index contributed by atoms with van der Waals surface area (Å²) in [7, 11) is -2.69. The number of urea groups is 1. The zero-order valence-electron chi connectivity index (χ0n) is 17.1. The number of benzene rings is 1. The van der Waals surface area contributed by atoms with Gasteiger partial charge in [0.2, 0.25) is 10.0 Å². The average molecular weight is 449 g/mol. The van der Waals surface area contributed by atoms with Gasteiger partial charge in [-0.2, -0.15) is 17.5 Å². The third kappa shape index (κ3) is 4.15. The molecule has 1 atom stereocenters. The van der Waals surface area contributed by atoms with Gasteiger partial charge in [0.05, 0.1) is 10.5 Å². The van der Waals surface area contributed by atoms with E-state index < -0.39 is 26.7 Å². The molecule has 7 nitrogen and oxygen atoms in total. The van der Waals surface area contributed by atoms with E-state index in [1.807, 2.05) is 6.92 Å². The number of likely N-dealkylation sites (tertiary alicyclic amines) is 1. The molecule has 2 amide bonds. The Morgan fingerprint density at radius 2 is 1.77 bits per heavy atom. The minimum absolute atomic E-state index is 0.107. The number of carbonyl (C=O) groups excluding carboxylic acids is 1. The second-order valence-corrected chi connectivity index (χ2v) is 9.60. The van der Waals surface area contributed by atoms with Gasteiger partial charge in [0.15, 0.2) is 0 Å². The molecular formula is C19H27F3N4O3S. The molecule has 2 aliphatic heterocycles. The average Bonchev–Trinajstić information content (AvgIpc) is 3.18. The topological polar surface area (TPSA) is 73.0 Å². The first-order chi connectivity index (χ1) is 14.0. The van der Waals surface area contributed by atoms with Crippen LogP contribution >= 0.6 is 0 Å². The summed E-state index contributed by atoms with van der Waals surface area (Å²) in [4.78, 5) is 15.2. The molecule has 2 aliphatic rings. The van der Waals surface area contributed by atoms with E-state index in [0.717, 1.165) is 29.3 Å². The normalized spacial score (nSPS) is 24.2. The van der Waals surface area contributed by atoms with Crippen LogP contribution in [0.15, 0.2) is 29.2 Å². The van der Waals surface area contributed by atoms with E-state index in [1.165, 1.54) is 12.1 Å². The van der Waals surface area contributed by atoms with Gasteiger partial charge in [0.25, 0.3) is 0 Å². The monoisotopic (exact) mass is 448 g/mol. The number of sulfonamides is 1. The van der Waals surface area contributed by atoms with Crippen molar-refractivity contribution in [3.8, 4) is 0 Å². The van der Waals surface area contributed by atoms with Crippen LogP contribution in [-0.2, 0) is 16.2 Å². The van der Waals surface area contributed by atoms with Gasteiger partial charge < -0.3 is 10.2 Å². The molecule has 168 valence electrons. The Morgan fingerprint density at radius 3 is 2.33 bits per heavy atom. The molecule has 1 N–H and O–H groups in total. The van der Waals surface area contributed by atoms with Crippen molar-refractivity contribution in [1.82, 2.24) is 19.4 Å². The van der Waals surface area contributed by atoms with Crippen LogP contribution in [0.25, 0.3) is 0 Å². The lowest BCUT2D eigenvalue weighted by Gasteiger charge is -2.45. The number of halogens is 3. The van der Waals surface area contributed by atoms with E-state index >= 15 is 0 Å². The number of nitrogens with zero attached hydrogens (tertiary/aromatic N) is 3. The van der Waals surface area contributed by atoms with Gasteiger partial charge in [-0.3, -0.25) is 4.90 Å². The predicted octanol–water partition coefficient (Wildman–Crippen LogP) is 2.21. The molecule has 1 unspecified atom stereocenters. The summed E-state index contributed by atoms with van der Waals surface area (Å²) in [5, 5.41) is 2.62. The summed E-state index contributed by atoms with van der Waals surface area (Å²) in [5.74, 6) is 0. The summed E-state index contributed by atoms with van der Waals surface area (Å²) in [5.41, 5.74) is -1.39. The number of carbonyl (C=O) groups is 1. The highest BCUT2D eigenvalue weighted by molar-refractivity contribution is 7.89. The van der Waals surface area contributed by atoms with Crippen molar-refractivity contribution in [1.29, 1.82) is 0 Å². The molecule has 0 radical (unpaired) electrons. The lowest BCUT2D eigenvalue weighted by molar-refractivity contribution is -0.139. The van der Waals surface area contributed by atoms with Crippen LogP contribution in [0.2, 0.25) is 0 Å². The number of nitrogens with one attached hydrogen (secondary N) is 1. The van der Waals surface area contributed by atoms with Gasteiger partial charge >= 0.3 is 12.2 Å². The number of alkyl halides is 3. The Kier molecular flexibility index (Phi) is 6.35. The molecular weight excluding hydrogens is 421 g/mol. The molecule has 0 saturated carbocycles. The van der Waals surface area contributed by atoms with Crippen LogP contribution in [0.3, 0.4) is 0 Å². The molecule has 2 saturated heterocycles. The first-order valence-corrected chi connectivity index (χ1v) is 11.4. The molecule has 2 heterocycles. The van der Waals surface area contributed by atoms with E-state index in [4.69, 9.17) is 0 Å². The summed E-state index contributed by atoms with van der Waals surface area (Å²) in [6, 6.07) is 4.15. The third-order valence-electron chi connectivity index (χ3n) is 6.21. The van der Waals surface area contributed by atoms with Crippen LogP contribution < -0.4 is 5.32 Å². The van der Waals surface area contributed by atoms with Gasteiger partial charge in [-0.25, -0.2) is 13.2 Å². The van der Waals surface area contributed by atoms with Crippen molar-refractivity contribution in [2.75, 3.05) is 46.3 Å². The van der Waals surface area contributed by atoms with Crippen molar-refractivity contribution in [3.05, 3.63) is 29.8 Å². The van der Waals surface area contributed by atoms with E-state index in [2.05, 4.69) is 10.2 Å². The standard InChI is InChI=1S/C19H27F3N4O3S/c1-3-18(8-9-24(14-18)17(27)23-2)25-10-12-26(13-11-25)30(28,29)16-7-5-4-6-15(16)19(20,21)22/h4-7H,3,8-14H2,1-2H3,(H,23,27). The molecule has 0 aliphatic carbocycles. The second kappa shape index (κ2) is 8.35. The van der Waals surface area contributed by atoms with Gasteiger partial charge in [-0.1, -0.05) is 19.1 Å². The van der Waals surface area contributed by atoms with Crippen LogP contribution in [0.4, 0.5) is 18.0 Å².